The molecule has 3 nitrogen and oxygen atoms in total. The van der Waals surface area contributed by atoms with Crippen LogP contribution in [0.2, 0.25) is 0 Å². The summed E-state index contributed by atoms with van der Waals surface area (Å²) >= 11 is 0. The summed E-state index contributed by atoms with van der Waals surface area (Å²) in [6, 6.07) is 4.56. The van der Waals surface area contributed by atoms with Crippen molar-refractivity contribution in [1.82, 2.24) is 5.06 Å². The molecule has 1 aromatic carbocycles. The minimum Gasteiger partial charge on any atom is -0.371 e. The number of nitrogens with zero attached hydrogens (tertiary/aromatic N) is 2. The first-order chi connectivity index (χ1) is 8.24. The third kappa shape index (κ3) is 2.05. The molecule has 1 aromatic rings. The van der Waals surface area contributed by atoms with E-state index in [0.717, 1.165) is 0 Å². The molecule has 0 aliphatic carbocycles. The van der Waals surface area contributed by atoms with Gasteiger partial charge in [-0.05, 0) is 42.4 Å². The monoisotopic (exact) mass is 232 g/mol. The first-order valence-corrected chi connectivity index (χ1v) is 6.53. The number of hydrogen-bond acceptors (Lipinski definition) is 3. The van der Waals surface area contributed by atoms with E-state index in [0.29, 0.717) is 6.54 Å². The SMILES string of the molecule is CN(O)Cc1cc2c3c(c1)CCCN3CCC2. The molecular formula is C14H20N2O. The highest BCUT2D eigenvalue weighted by Crippen LogP contribution is 2.36. The van der Waals surface area contributed by atoms with E-state index in [2.05, 4.69) is 17.0 Å². The van der Waals surface area contributed by atoms with Crippen molar-refractivity contribution in [1.29, 1.82) is 0 Å². The van der Waals surface area contributed by atoms with Crippen LogP contribution in [0.15, 0.2) is 12.1 Å². The van der Waals surface area contributed by atoms with Gasteiger partial charge in [-0.25, -0.2) is 0 Å². The maximum Gasteiger partial charge on any atom is 0.0485 e. The van der Waals surface area contributed by atoms with Gasteiger partial charge >= 0.3 is 0 Å². The number of rotatable bonds is 2. The lowest BCUT2D eigenvalue weighted by molar-refractivity contribution is -0.0731. The van der Waals surface area contributed by atoms with E-state index in [-0.39, 0.29) is 0 Å². The summed E-state index contributed by atoms with van der Waals surface area (Å²) in [7, 11) is 1.71. The first-order valence-electron chi connectivity index (χ1n) is 6.53. The van der Waals surface area contributed by atoms with Gasteiger partial charge in [0.25, 0.3) is 0 Å². The molecule has 1 N–H and O–H groups in total. The minimum atomic E-state index is 0.625. The predicted octanol–water partition coefficient (Wildman–Crippen LogP) is 2.21. The standard InChI is InChI=1S/C14H20N2O/c1-15(17)10-11-8-12-4-2-6-16-7-3-5-13(9-11)14(12)16/h8-9,17H,2-7,10H2,1H3. The molecule has 0 fully saturated rings. The molecule has 0 aromatic heterocycles. The molecule has 3 rings (SSSR count). The summed E-state index contributed by atoms with van der Waals surface area (Å²) in [6.45, 7) is 3.07. The highest BCUT2D eigenvalue weighted by molar-refractivity contribution is 5.64. The van der Waals surface area contributed by atoms with Crippen LogP contribution >= 0.6 is 0 Å². The number of hydrogen-bond donors (Lipinski definition) is 1. The van der Waals surface area contributed by atoms with E-state index < -0.39 is 0 Å². The first kappa shape index (κ1) is 11.1. The van der Waals surface area contributed by atoms with Crippen LogP contribution in [0.25, 0.3) is 0 Å². The molecule has 0 radical (unpaired) electrons. The third-order valence-electron chi connectivity index (χ3n) is 3.80. The van der Waals surface area contributed by atoms with Gasteiger partial charge in [0.2, 0.25) is 0 Å². The maximum atomic E-state index is 9.36. The zero-order chi connectivity index (χ0) is 11.8. The average molecular weight is 232 g/mol. The van der Waals surface area contributed by atoms with Gasteiger partial charge < -0.3 is 10.1 Å². The van der Waals surface area contributed by atoms with Crippen molar-refractivity contribution in [2.24, 2.45) is 0 Å². The fourth-order valence-corrected chi connectivity index (χ4v) is 3.23. The van der Waals surface area contributed by atoms with Crippen molar-refractivity contribution in [2.45, 2.75) is 32.2 Å². The van der Waals surface area contributed by atoms with Crippen LogP contribution in [-0.4, -0.2) is 30.4 Å². The molecule has 0 unspecified atom stereocenters. The lowest BCUT2D eigenvalue weighted by Gasteiger charge is -2.37. The minimum absolute atomic E-state index is 0.625. The second-order valence-corrected chi connectivity index (χ2v) is 5.27. The molecule has 92 valence electrons. The highest BCUT2D eigenvalue weighted by Gasteiger charge is 2.24. The normalized spacial score (nSPS) is 18.4. The van der Waals surface area contributed by atoms with Crippen LogP contribution in [0.5, 0.6) is 0 Å². The molecule has 0 atom stereocenters. The predicted molar refractivity (Wildman–Crippen MR) is 68.6 cm³/mol. The van der Waals surface area contributed by atoms with Crippen LogP contribution in [0, 0.1) is 0 Å². The van der Waals surface area contributed by atoms with Crippen LogP contribution in [0.1, 0.15) is 29.5 Å². The molecule has 0 saturated carbocycles. The van der Waals surface area contributed by atoms with Crippen molar-refractivity contribution in [3.05, 3.63) is 28.8 Å². The highest BCUT2D eigenvalue weighted by atomic mass is 16.5. The van der Waals surface area contributed by atoms with Crippen LogP contribution in [0.4, 0.5) is 5.69 Å². The fraction of sp³-hybridized carbons (Fsp3) is 0.571. The summed E-state index contributed by atoms with van der Waals surface area (Å²) in [5, 5.41) is 10.6. The lowest BCUT2D eigenvalue weighted by Crippen LogP contribution is -2.34. The van der Waals surface area contributed by atoms with Gasteiger partial charge in [0.05, 0.1) is 0 Å². The van der Waals surface area contributed by atoms with Crippen molar-refractivity contribution < 1.29 is 5.21 Å². The maximum absolute atomic E-state index is 9.36. The Bertz CT molecular complexity index is 397. The second-order valence-electron chi connectivity index (χ2n) is 5.27. The Hall–Kier alpha value is -1.06. The smallest absolute Gasteiger partial charge is 0.0485 e. The van der Waals surface area contributed by atoms with Gasteiger partial charge in [-0.1, -0.05) is 12.1 Å². The van der Waals surface area contributed by atoms with E-state index in [1.165, 1.54) is 66.2 Å². The van der Waals surface area contributed by atoms with E-state index in [4.69, 9.17) is 0 Å². The van der Waals surface area contributed by atoms with Gasteiger partial charge in [0.1, 0.15) is 0 Å². The number of anilines is 1. The summed E-state index contributed by atoms with van der Waals surface area (Å²) in [6.07, 6.45) is 4.93. The van der Waals surface area contributed by atoms with Crippen molar-refractivity contribution in [3.63, 3.8) is 0 Å². The summed E-state index contributed by atoms with van der Waals surface area (Å²) in [5.41, 5.74) is 5.73. The lowest BCUT2D eigenvalue weighted by atomic mass is 9.90. The molecule has 0 saturated heterocycles. The molecule has 2 aliphatic rings. The van der Waals surface area contributed by atoms with Crippen LogP contribution in [0.3, 0.4) is 0 Å². The zero-order valence-corrected chi connectivity index (χ0v) is 10.4. The Kier molecular flexibility index (Phi) is 2.81. The summed E-state index contributed by atoms with van der Waals surface area (Å²) in [5.74, 6) is 0. The molecule has 2 heterocycles. The largest absolute Gasteiger partial charge is 0.371 e. The second kappa shape index (κ2) is 4.31. The van der Waals surface area contributed by atoms with E-state index in [1.54, 1.807) is 7.05 Å². The van der Waals surface area contributed by atoms with Crippen molar-refractivity contribution >= 4 is 5.69 Å². The van der Waals surface area contributed by atoms with Crippen LogP contribution < -0.4 is 4.90 Å². The number of hydroxylamine groups is 2. The molecule has 0 spiro atoms. The molecule has 3 heteroatoms. The Morgan fingerprint density at radius 1 is 1.18 bits per heavy atom. The topological polar surface area (TPSA) is 26.7 Å². The fourth-order valence-electron chi connectivity index (χ4n) is 3.23. The van der Waals surface area contributed by atoms with Gasteiger partial charge in [-0.3, -0.25) is 0 Å². The molecule has 17 heavy (non-hydrogen) atoms. The van der Waals surface area contributed by atoms with Gasteiger partial charge in [0, 0.05) is 32.4 Å². The third-order valence-corrected chi connectivity index (χ3v) is 3.80. The van der Waals surface area contributed by atoms with Gasteiger partial charge in [-0.15, -0.1) is 0 Å². The number of benzene rings is 1. The number of aryl methyl sites for hydroxylation is 2. The Morgan fingerprint density at radius 3 is 2.29 bits per heavy atom. The molecule has 0 bridgehead atoms. The molecular weight excluding hydrogens is 212 g/mol. The summed E-state index contributed by atoms with van der Waals surface area (Å²) < 4.78 is 0. The molecule has 2 aliphatic heterocycles. The van der Waals surface area contributed by atoms with Crippen LogP contribution in [-0.2, 0) is 19.4 Å². The Balaban J connectivity index is 2.02. The van der Waals surface area contributed by atoms with Crippen molar-refractivity contribution in [2.75, 3.05) is 25.0 Å². The van der Waals surface area contributed by atoms with Gasteiger partial charge in [-0.2, -0.15) is 5.06 Å². The van der Waals surface area contributed by atoms with E-state index in [9.17, 15) is 5.21 Å². The quantitative estimate of drug-likeness (QED) is 0.792. The summed E-state index contributed by atoms with van der Waals surface area (Å²) in [4.78, 5) is 2.55. The molecule has 0 amide bonds. The Morgan fingerprint density at radius 2 is 1.76 bits per heavy atom. The van der Waals surface area contributed by atoms with Gasteiger partial charge in [0.15, 0.2) is 0 Å². The zero-order valence-electron chi connectivity index (χ0n) is 10.4. The van der Waals surface area contributed by atoms with Crippen molar-refractivity contribution in [3.8, 4) is 0 Å². The van der Waals surface area contributed by atoms with E-state index >= 15 is 0 Å². The van der Waals surface area contributed by atoms with E-state index in [1.807, 2.05) is 0 Å². The Labute approximate surface area is 103 Å². The average Bonchev–Trinajstić information content (AvgIpc) is 2.28.